The van der Waals surface area contributed by atoms with Crippen LogP contribution in [0.15, 0.2) is 21.7 Å². The lowest BCUT2D eigenvalue weighted by Crippen LogP contribution is -2.44. The summed E-state index contributed by atoms with van der Waals surface area (Å²) in [4.78, 5) is 35.0. The van der Waals surface area contributed by atoms with Crippen molar-refractivity contribution in [3.05, 3.63) is 23.9 Å². The number of carbonyl (C=O) groups is 2. The van der Waals surface area contributed by atoms with Gasteiger partial charge in [-0.25, -0.2) is 0 Å². The van der Waals surface area contributed by atoms with Crippen LogP contribution in [0.5, 0.6) is 0 Å². The van der Waals surface area contributed by atoms with Crippen LogP contribution < -0.4 is 10.6 Å². The average molecular weight is 500 g/mol. The van der Waals surface area contributed by atoms with E-state index in [2.05, 4.69) is 37.9 Å². The zero-order valence-corrected chi connectivity index (χ0v) is 18.3. The summed E-state index contributed by atoms with van der Waals surface area (Å²) in [7, 11) is 1.67. The minimum Gasteiger partial charge on any atom is -0.356 e. The van der Waals surface area contributed by atoms with Gasteiger partial charge in [0.25, 0.3) is 0 Å². The molecule has 2 bridgehead atoms. The minimum atomic E-state index is -0.136. The SMILES string of the molecule is CN=C(NCCc1nc(C)no1)NCCN1C(=O)C2C3C=CC(C3)C2C1=O.I. The summed E-state index contributed by atoms with van der Waals surface area (Å²) < 4.78 is 5.06. The highest BCUT2D eigenvalue weighted by molar-refractivity contribution is 14.0. The molecule has 3 aliphatic rings. The van der Waals surface area contributed by atoms with E-state index in [-0.39, 0.29) is 59.5 Å². The summed E-state index contributed by atoms with van der Waals surface area (Å²) in [5.74, 6) is 1.98. The maximum atomic E-state index is 12.6. The first-order valence-electron chi connectivity index (χ1n) is 9.35. The number of nitrogens with zero attached hydrogens (tertiary/aromatic N) is 4. The van der Waals surface area contributed by atoms with E-state index < -0.39 is 0 Å². The molecule has 28 heavy (non-hydrogen) atoms. The van der Waals surface area contributed by atoms with Crippen LogP contribution in [-0.4, -0.2) is 59.5 Å². The first kappa shape index (κ1) is 20.7. The molecule has 0 radical (unpaired) electrons. The first-order chi connectivity index (χ1) is 13.1. The van der Waals surface area contributed by atoms with Gasteiger partial charge in [0.05, 0.1) is 11.8 Å². The van der Waals surface area contributed by atoms with Crippen LogP contribution in [0.4, 0.5) is 0 Å². The van der Waals surface area contributed by atoms with Crippen LogP contribution in [0, 0.1) is 30.6 Å². The normalized spacial score (nSPS) is 27.9. The highest BCUT2D eigenvalue weighted by Gasteiger charge is 2.58. The van der Waals surface area contributed by atoms with Gasteiger partial charge in [0.1, 0.15) is 0 Å². The van der Waals surface area contributed by atoms with Crippen molar-refractivity contribution in [1.82, 2.24) is 25.7 Å². The number of carbonyl (C=O) groups excluding carboxylic acids is 2. The van der Waals surface area contributed by atoms with Crippen molar-refractivity contribution in [3.8, 4) is 0 Å². The Morgan fingerprint density at radius 1 is 1.21 bits per heavy atom. The lowest BCUT2D eigenvalue weighted by atomic mass is 9.85. The molecule has 2 aliphatic carbocycles. The van der Waals surface area contributed by atoms with Crippen molar-refractivity contribution in [2.75, 3.05) is 26.7 Å². The number of allylic oxidation sites excluding steroid dienone is 2. The topological polar surface area (TPSA) is 113 Å². The molecule has 2 N–H and O–H groups in total. The Bertz CT molecular complexity index is 777. The number of imide groups is 1. The monoisotopic (exact) mass is 500 g/mol. The van der Waals surface area contributed by atoms with E-state index in [4.69, 9.17) is 4.52 Å². The van der Waals surface area contributed by atoms with E-state index in [1.807, 2.05) is 0 Å². The third-order valence-corrected chi connectivity index (χ3v) is 5.61. The Labute approximate surface area is 180 Å². The molecule has 4 rings (SSSR count). The molecule has 152 valence electrons. The number of hydrogen-bond donors (Lipinski definition) is 2. The molecular formula is C18H25IN6O3. The number of hydrogen-bond acceptors (Lipinski definition) is 6. The molecule has 0 aromatic carbocycles. The standard InChI is InChI=1S/C18H24N6O3.HI/c1-10-22-13(27-23-10)5-6-20-18(19-2)21-7-8-24-16(25)14-11-3-4-12(9-11)15(14)17(24)26;/h3-4,11-12,14-15H,5-9H2,1-2H3,(H2,19,20,21);1H. The molecule has 2 amide bonds. The molecule has 2 fully saturated rings. The van der Waals surface area contributed by atoms with Gasteiger partial charge in [-0.2, -0.15) is 4.98 Å². The molecule has 1 aromatic heterocycles. The Balaban J connectivity index is 0.00000225. The number of fused-ring (bicyclic) bond motifs is 5. The number of halogens is 1. The largest absolute Gasteiger partial charge is 0.356 e. The van der Waals surface area contributed by atoms with E-state index in [1.54, 1.807) is 14.0 Å². The van der Waals surface area contributed by atoms with Crippen LogP contribution in [-0.2, 0) is 16.0 Å². The van der Waals surface area contributed by atoms with Crippen LogP contribution >= 0.6 is 24.0 Å². The third kappa shape index (κ3) is 3.78. The highest BCUT2D eigenvalue weighted by Crippen LogP contribution is 2.52. The Morgan fingerprint density at radius 3 is 2.43 bits per heavy atom. The molecule has 1 saturated carbocycles. The number of nitrogens with one attached hydrogen (secondary N) is 2. The van der Waals surface area contributed by atoms with Crippen LogP contribution in [0.3, 0.4) is 0 Å². The van der Waals surface area contributed by atoms with E-state index >= 15 is 0 Å². The van der Waals surface area contributed by atoms with Crippen molar-refractivity contribution < 1.29 is 14.1 Å². The van der Waals surface area contributed by atoms with Crippen LogP contribution in [0.1, 0.15) is 18.1 Å². The fourth-order valence-corrected chi connectivity index (χ4v) is 4.42. The quantitative estimate of drug-likeness (QED) is 0.193. The smallest absolute Gasteiger partial charge is 0.233 e. The number of likely N-dealkylation sites (tertiary alicyclic amines) is 1. The number of amides is 2. The molecule has 2 heterocycles. The van der Waals surface area contributed by atoms with Crippen molar-refractivity contribution in [3.63, 3.8) is 0 Å². The number of aromatic nitrogens is 2. The summed E-state index contributed by atoms with van der Waals surface area (Å²) in [6, 6.07) is 0. The molecule has 1 aromatic rings. The number of rotatable bonds is 6. The molecule has 1 saturated heterocycles. The zero-order chi connectivity index (χ0) is 19.0. The predicted octanol–water partition coefficient (Wildman–Crippen LogP) is 0.511. The van der Waals surface area contributed by atoms with Gasteiger partial charge in [0.2, 0.25) is 17.7 Å². The maximum absolute atomic E-state index is 12.6. The second kappa shape index (κ2) is 8.58. The molecule has 4 unspecified atom stereocenters. The van der Waals surface area contributed by atoms with Crippen LogP contribution in [0.25, 0.3) is 0 Å². The molecule has 1 aliphatic heterocycles. The van der Waals surface area contributed by atoms with E-state index in [0.717, 1.165) is 6.42 Å². The van der Waals surface area contributed by atoms with E-state index in [9.17, 15) is 9.59 Å². The van der Waals surface area contributed by atoms with Crippen molar-refractivity contribution >= 4 is 41.8 Å². The lowest BCUT2D eigenvalue weighted by Gasteiger charge is -2.18. The summed E-state index contributed by atoms with van der Waals surface area (Å²) in [5.41, 5.74) is 0. The predicted molar refractivity (Wildman–Crippen MR) is 112 cm³/mol. The van der Waals surface area contributed by atoms with Gasteiger partial charge in [-0.1, -0.05) is 17.3 Å². The third-order valence-electron chi connectivity index (χ3n) is 5.61. The number of guanidine groups is 1. The van der Waals surface area contributed by atoms with Crippen molar-refractivity contribution in [2.45, 2.75) is 19.8 Å². The fraction of sp³-hybridized carbons (Fsp3) is 0.611. The first-order valence-corrected chi connectivity index (χ1v) is 9.35. The van der Waals surface area contributed by atoms with E-state index in [1.165, 1.54) is 4.90 Å². The Morgan fingerprint density at radius 2 is 1.86 bits per heavy atom. The fourth-order valence-electron chi connectivity index (χ4n) is 4.42. The number of aliphatic imine (C=N–C) groups is 1. The second-order valence-corrected chi connectivity index (χ2v) is 7.24. The van der Waals surface area contributed by atoms with Gasteiger partial charge in [0.15, 0.2) is 11.8 Å². The maximum Gasteiger partial charge on any atom is 0.233 e. The van der Waals surface area contributed by atoms with Gasteiger partial charge in [-0.3, -0.25) is 19.5 Å². The van der Waals surface area contributed by atoms with Crippen LogP contribution in [0.2, 0.25) is 0 Å². The second-order valence-electron chi connectivity index (χ2n) is 7.24. The summed E-state index contributed by atoms with van der Waals surface area (Å²) >= 11 is 0. The summed E-state index contributed by atoms with van der Waals surface area (Å²) in [5, 5.41) is 10.0. The molecule has 9 nitrogen and oxygen atoms in total. The Hall–Kier alpha value is -1.98. The zero-order valence-electron chi connectivity index (χ0n) is 15.9. The summed E-state index contributed by atoms with van der Waals surface area (Å²) in [6.45, 7) is 3.17. The summed E-state index contributed by atoms with van der Waals surface area (Å²) in [6.07, 6.45) is 5.75. The van der Waals surface area contributed by atoms with Crippen molar-refractivity contribution in [1.29, 1.82) is 0 Å². The lowest BCUT2D eigenvalue weighted by molar-refractivity contribution is -0.140. The number of aryl methyl sites for hydroxylation is 1. The minimum absolute atomic E-state index is 0. The molecule has 0 spiro atoms. The molecular weight excluding hydrogens is 475 g/mol. The van der Waals surface area contributed by atoms with Crippen molar-refractivity contribution in [2.24, 2.45) is 28.7 Å². The van der Waals surface area contributed by atoms with Gasteiger partial charge >= 0.3 is 0 Å². The molecule has 10 heteroatoms. The molecule has 4 atom stereocenters. The van der Waals surface area contributed by atoms with Gasteiger partial charge in [-0.05, 0) is 25.2 Å². The van der Waals surface area contributed by atoms with Gasteiger partial charge in [0, 0.05) is 33.1 Å². The van der Waals surface area contributed by atoms with Gasteiger partial charge < -0.3 is 15.2 Å². The average Bonchev–Trinajstić information content (AvgIpc) is 3.41. The Kier molecular flexibility index (Phi) is 6.36. The highest BCUT2D eigenvalue weighted by atomic mass is 127. The van der Waals surface area contributed by atoms with Gasteiger partial charge in [-0.15, -0.1) is 24.0 Å². The van der Waals surface area contributed by atoms with E-state index in [0.29, 0.717) is 43.7 Å².